The van der Waals surface area contributed by atoms with E-state index in [9.17, 15) is 9.59 Å². The zero-order valence-electron chi connectivity index (χ0n) is 12.6. The molecular weight excluding hydrogens is 262 g/mol. The monoisotopic (exact) mass is 287 g/mol. The summed E-state index contributed by atoms with van der Waals surface area (Å²) in [7, 11) is -1.90. The molecule has 0 spiro atoms. The molecule has 0 atom stereocenters. The van der Waals surface area contributed by atoms with Crippen LogP contribution in [0.1, 0.15) is 33.6 Å². The second kappa shape index (κ2) is 6.05. The van der Waals surface area contributed by atoms with E-state index in [0.717, 1.165) is 6.42 Å². The number of amides is 1. The van der Waals surface area contributed by atoms with Crippen molar-refractivity contribution in [2.75, 3.05) is 19.9 Å². The molecular formula is C13H25NO4Si. The largest absolute Gasteiger partial charge is 0.423 e. The number of hydrogen-bond donors (Lipinski definition) is 0. The molecule has 1 rings (SSSR count). The highest BCUT2D eigenvalue weighted by Gasteiger charge is 2.37. The van der Waals surface area contributed by atoms with Gasteiger partial charge in [-0.25, -0.2) is 4.79 Å². The van der Waals surface area contributed by atoms with Crippen LogP contribution in [0.15, 0.2) is 0 Å². The molecule has 110 valence electrons. The molecule has 1 fully saturated rings. The Balaban J connectivity index is 2.37. The van der Waals surface area contributed by atoms with Gasteiger partial charge in [0.2, 0.25) is 0 Å². The first-order valence-corrected chi connectivity index (χ1v) is 9.62. The van der Waals surface area contributed by atoms with E-state index in [2.05, 4.69) is 33.9 Å². The molecule has 6 heteroatoms. The molecule has 0 aromatic rings. The lowest BCUT2D eigenvalue weighted by molar-refractivity contribution is -0.122. The molecule has 1 saturated heterocycles. The number of hydrogen-bond acceptors (Lipinski definition) is 4. The van der Waals surface area contributed by atoms with E-state index in [-0.39, 0.29) is 24.2 Å². The summed E-state index contributed by atoms with van der Waals surface area (Å²) in [5, 5.41) is 0.0838. The fourth-order valence-corrected chi connectivity index (χ4v) is 2.32. The van der Waals surface area contributed by atoms with Gasteiger partial charge in [-0.2, -0.15) is 0 Å². The summed E-state index contributed by atoms with van der Waals surface area (Å²) in [5.74, 6) is 0.0912. The van der Waals surface area contributed by atoms with Crippen LogP contribution in [0.3, 0.4) is 0 Å². The standard InChI is InChI=1S/C13H25NO4Si/c1-13(2,3)19(4,5)18-10-17-12(16)14-8-6-7-11(15)9-14/h6-10H2,1-5H3. The molecule has 19 heavy (non-hydrogen) atoms. The second-order valence-corrected chi connectivity index (χ2v) is 11.3. The second-order valence-electron chi connectivity index (χ2n) is 6.50. The summed E-state index contributed by atoms with van der Waals surface area (Å²) in [6.07, 6.45) is 0.827. The van der Waals surface area contributed by atoms with Crippen molar-refractivity contribution in [3.8, 4) is 0 Å². The predicted molar refractivity (Wildman–Crippen MR) is 75.4 cm³/mol. The van der Waals surface area contributed by atoms with Crippen LogP contribution >= 0.6 is 0 Å². The smallest absolute Gasteiger partial charge is 0.412 e. The van der Waals surface area contributed by atoms with E-state index >= 15 is 0 Å². The summed E-state index contributed by atoms with van der Waals surface area (Å²) in [4.78, 5) is 24.5. The first-order valence-electron chi connectivity index (χ1n) is 6.71. The Morgan fingerprint density at radius 2 is 2.00 bits per heavy atom. The Bertz CT molecular complexity index is 349. The van der Waals surface area contributed by atoms with Crippen LogP contribution in [-0.2, 0) is 14.0 Å². The van der Waals surface area contributed by atoms with Gasteiger partial charge < -0.3 is 14.1 Å². The maximum atomic E-state index is 11.8. The van der Waals surface area contributed by atoms with Crippen LogP contribution in [0, 0.1) is 0 Å². The number of ether oxygens (including phenoxy) is 1. The lowest BCUT2D eigenvalue weighted by atomic mass is 10.1. The summed E-state index contributed by atoms with van der Waals surface area (Å²) in [6.45, 7) is 11.3. The van der Waals surface area contributed by atoms with E-state index in [0.29, 0.717) is 13.0 Å². The number of carbonyl (C=O) groups is 2. The Kier molecular flexibility index (Phi) is 5.15. The molecule has 1 aliphatic rings. The van der Waals surface area contributed by atoms with Gasteiger partial charge in [0.15, 0.2) is 20.9 Å². The Morgan fingerprint density at radius 3 is 2.53 bits per heavy atom. The number of ketones is 1. The van der Waals surface area contributed by atoms with Crippen molar-refractivity contribution in [1.29, 1.82) is 0 Å². The number of rotatable bonds is 3. The van der Waals surface area contributed by atoms with Gasteiger partial charge in [-0.15, -0.1) is 0 Å². The molecule has 0 saturated carbocycles. The normalized spacial score (nSPS) is 17.5. The topological polar surface area (TPSA) is 55.8 Å². The van der Waals surface area contributed by atoms with E-state index in [1.54, 1.807) is 0 Å². The minimum Gasteiger partial charge on any atom is -0.423 e. The third kappa shape index (κ3) is 4.61. The maximum Gasteiger partial charge on any atom is 0.412 e. The first kappa shape index (κ1) is 16.2. The third-order valence-electron chi connectivity index (χ3n) is 3.92. The third-order valence-corrected chi connectivity index (χ3v) is 8.37. The SMILES string of the molecule is CC(C)(C)[Si](C)(C)OCOC(=O)N1CCCC(=O)C1. The molecule has 0 aromatic carbocycles. The fourth-order valence-electron chi connectivity index (χ4n) is 1.53. The molecule has 0 N–H and O–H groups in total. The van der Waals surface area contributed by atoms with Crippen LogP contribution in [0.5, 0.6) is 0 Å². The number of likely N-dealkylation sites (tertiary alicyclic amines) is 1. The first-order chi connectivity index (χ1) is 8.63. The van der Waals surface area contributed by atoms with Crippen molar-refractivity contribution in [3.63, 3.8) is 0 Å². The Labute approximate surface area is 116 Å². The summed E-state index contributed by atoms with van der Waals surface area (Å²) in [6, 6.07) is 0. The summed E-state index contributed by atoms with van der Waals surface area (Å²) < 4.78 is 10.9. The van der Waals surface area contributed by atoms with Crippen LogP contribution < -0.4 is 0 Å². The molecule has 0 aromatic heterocycles. The Morgan fingerprint density at radius 1 is 1.37 bits per heavy atom. The fraction of sp³-hybridized carbons (Fsp3) is 0.846. The van der Waals surface area contributed by atoms with Crippen molar-refractivity contribution in [1.82, 2.24) is 4.90 Å². The van der Waals surface area contributed by atoms with Gasteiger partial charge >= 0.3 is 6.09 Å². The van der Waals surface area contributed by atoms with Gasteiger partial charge in [0.1, 0.15) is 0 Å². The van der Waals surface area contributed by atoms with E-state index in [4.69, 9.17) is 9.16 Å². The van der Waals surface area contributed by atoms with Gasteiger partial charge in [0, 0.05) is 13.0 Å². The average molecular weight is 287 g/mol. The molecule has 0 bridgehead atoms. The molecule has 1 aliphatic heterocycles. The van der Waals surface area contributed by atoms with E-state index < -0.39 is 14.4 Å². The van der Waals surface area contributed by atoms with E-state index in [1.165, 1.54) is 4.90 Å². The molecule has 0 radical (unpaired) electrons. The highest BCUT2D eigenvalue weighted by atomic mass is 28.4. The van der Waals surface area contributed by atoms with Gasteiger partial charge in [0.05, 0.1) is 6.54 Å². The van der Waals surface area contributed by atoms with Crippen LogP contribution in [0.2, 0.25) is 18.1 Å². The summed E-state index contributed by atoms with van der Waals surface area (Å²) >= 11 is 0. The van der Waals surface area contributed by atoms with Crippen molar-refractivity contribution < 1.29 is 18.8 Å². The van der Waals surface area contributed by atoms with Crippen LogP contribution in [0.25, 0.3) is 0 Å². The quantitative estimate of drug-likeness (QED) is 0.591. The van der Waals surface area contributed by atoms with Gasteiger partial charge in [0.25, 0.3) is 0 Å². The number of Topliss-reactive ketones (excluding diaryl/α,β-unsaturated/α-hetero) is 1. The van der Waals surface area contributed by atoms with Crippen molar-refractivity contribution in [3.05, 3.63) is 0 Å². The molecule has 0 unspecified atom stereocenters. The van der Waals surface area contributed by atoms with Crippen molar-refractivity contribution in [2.24, 2.45) is 0 Å². The van der Waals surface area contributed by atoms with Crippen molar-refractivity contribution in [2.45, 2.75) is 51.7 Å². The highest BCUT2D eigenvalue weighted by Crippen LogP contribution is 2.36. The maximum absolute atomic E-state index is 11.8. The van der Waals surface area contributed by atoms with Gasteiger partial charge in [-0.1, -0.05) is 20.8 Å². The lowest BCUT2D eigenvalue weighted by Gasteiger charge is -2.36. The number of carbonyl (C=O) groups excluding carboxylic acids is 2. The van der Waals surface area contributed by atoms with Gasteiger partial charge in [-0.05, 0) is 24.6 Å². The van der Waals surface area contributed by atoms with Crippen LogP contribution in [0.4, 0.5) is 4.79 Å². The van der Waals surface area contributed by atoms with Crippen molar-refractivity contribution >= 4 is 20.2 Å². The van der Waals surface area contributed by atoms with Crippen LogP contribution in [-0.4, -0.2) is 45.0 Å². The minimum atomic E-state index is -1.90. The number of piperidine rings is 1. The number of nitrogens with zero attached hydrogens (tertiary/aromatic N) is 1. The zero-order valence-corrected chi connectivity index (χ0v) is 13.6. The molecule has 1 heterocycles. The molecule has 0 aliphatic carbocycles. The molecule has 5 nitrogen and oxygen atoms in total. The average Bonchev–Trinajstić information content (AvgIpc) is 2.27. The lowest BCUT2D eigenvalue weighted by Crippen LogP contribution is -2.44. The molecule has 1 amide bonds. The van der Waals surface area contributed by atoms with E-state index in [1.807, 2.05) is 0 Å². The summed E-state index contributed by atoms with van der Waals surface area (Å²) in [5.41, 5.74) is 0. The Hall–Kier alpha value is -0.883. The highest BCUT2D eigenvalue weighted by molar-refractivity contribution is 6.74. The van der Waals surface area contributed by atoms with Gasteiger partial charge in [-0.3, -0.25) is 4.79 Å². The minimum absolute atomic E-state index is 0.0278. The predicted octanol–water partition coefficient (Wildman–Crippen LogP) is 2.77. The zero-order chi connectivity index (χ0) is 14.7.